The predicted molar refractivity (Wildman–Crippen MR) is 167 cm³/mol. The van der Waals surface area contributed by atoms with Crippen molar-refractivity contribution >= 4 is 17.6 Å². The molecule has 2 aromatic carbocycles. The highest BCUT2D eigenvalue weighted by atomic mass is 16.5. The molecule has 3 rings (SSSR count). The minimum Gasteiger partial charge on any atom is -0.491 e. The average molecular weight is 563 g/mol. The zero-order chi connectivity index (χ0) is 30.5. The Hall–Kier alpha value is -3.15. The lowest BCUT2D eigenvalue weighted by Crippen LogP contribution is -2.38. The summed E-state index contributed by atoms with van der Waals surface area (Å²) in [6.07, 6.45) is 4.77. The van der Waals surface area contributed by atoms with Gasteiger partial charge in [0.05, 0.1) is 23.8 Å². The molecule has 0 saturated heterocycles. The molecule has 1 aliphatic carbocycles. The van der Waals surface area contributed by atoms with Crippen LogP contribution in [0.25, 0.3) is 0 Å². The largest absolute Gasteiger partial charge is 0.491 e. The van der Waals surface area contributed by atoms with Gasteiger partial charge in [0, 0.05) is 12.6 Å². The number of carbonyl (C=O) groups is 2. The smallest absolute Gasteiger partial charge is 0.335 e. The summed E-state index contributed by atoms with van der Waals surface area (Å²) in [7, 11) is 1.85. The van der Waals surface area contributed by atoms with Crippen LogP contribution in [-0.4, -0.2) is 46.8 Å². The number of carboxylic acid groups (broad SMARTS) is 1. The Morgan fingerprint density at radius 3 is 2.02 bits per heavy atom. The maximum Gasteiger partial charge on any atom is 0.335 e. The molecule has 1 N–H and O–H groups in total. The Morgan fingerprint density at radius 1 is 0.951 bits per heavy atom. The molecule has 1 aliphatic rings. The van der Waals surface area contributed by atoms with Crippen molar-refractivity contribution in [2.45, 2.75) is 106 Å². The molecule has 2 aromatic rings. The van der Waals surface area contributed by atoms with Gasteiger partial charge in [-0.3, -0.25) is 9.79 Å². The quantitative estimate of drug-likeness (QED) is 0.296. The number of ether oxygens (including phenoxy) is 1. The number of aliphatic imine (C=N–C) groups is 1. The highest BCUT2D eigenvalue weighted by Gasteiger charge is 2.34. The van der Waals surface area contributed by atoms with E-state index in [9.17, 15) is 14.7 Å². The first-order valence-corrected chi connectivity index (χ1v) is 15.0. The van der Waals surface area contributed by atoms with Crippen LogP contribution in [0.4, 0.5) is 0 Å². The molecule has 41 heavy (non-hydrogen) atoms. The van der Waals surface area contributed by atoms with Gasteiger partial charge < -0.3 is 14.7 Å². The minimum absolute atomic E-state index is 0.0608. The standard InChI is InChI=1S/C35H50N2O4/c1-23(2)41-29-18-14-25(15-19-29)31(36-28-17-16-27(22-28)35(6,7)8)32(38)37(9)30(20-21-34(3,4)5)24-10-12-26(13-11-24)33(39)40/h10-15,18-19,23,27-28,30H,16-17,20-22H2,1-9H3,(H,39,40)/t27?,28?,30-/m1/s1. The summed E-state index contributed by atoms with van der Waals surface area (Å²) in [5, 5.41) is 9.40. The molecular weight excluding hydrogens is 512 g/mol. The molecule has 0 bridgehead atoms. The van der Waals surface area contributed by atoms with Crippen molar-refractivity contribution in [1.82, 2.24) is 4.90 Å². The van der Waals surface area contributed by atoms with Gasteiger partial charge in [-0.1, -0.05) is 53.7 Å². The Morgan fingerprint density at radius 2 is 1.54 bits per heavy atom. The first-order valence-electron chi connectivity index (χ1n) is 15.0. The lowest BCUT2D eigenvalue weighted by molar-refractivity contribution is -0.125. The number of hydrogen-bond donors (Lipinski definition) is 1. The molecule has 0 radical (unpaired) electrons. The number of carbonyl (C=O) groups excluding carboxylic acids is 1. The van der Waals surface area contributed by atoms with Crippen LogP contribution in [0, 0.1) is 16.7 Å². The van der Waals surface area contributed by atoms with Crippen LogP contribution >= 0.6 is 0 Å². The summed E-state index contributed by atoms with van der Waals surface area (Å²) >= 11 is 0. The third-order valence-corrected chi connectivity index (χ3v) is 8.14. The highest BCUT2D eigenvalue weighted by molar-refractivity contribution is 6.45. The predicted octanol–water partition coefficient (Wildman–Crippen LogP) is 8.20. The molecule has 1 saturated carbocycles. The van der Waals surface area contributed by atoms with E-state index in [0.29, 0.717) is 11.6 Å². The number of likely N-dealkylation sites (N-methyl/N-ethyl adjacent to an activating group) is 1. The molecule has 6 nitrogen and oxygen atoms in total. The first kappa shape index (κ1) is 32.4. The van der Waals surface area contributed by atoms with Gasteiger partial charge >= 0.3 is 5.97 Å². The number of amides is 1. The molecule has 1 fully saturated rings. The van der Waals surface area contributed by atoms with Crippen LogP contribution in [0.3, 0.4) is 0 Å². The lowest BCUT2D eigenvalue weighted by Gasteiger charge is -2.32. The number of rotatable bonds is 10. The zero-order valence-electron chi connectivity index (χ0n) is 26.5. The third kappa shape index (κ3) is 9.17. The van der Waals surface area contributed by atoms with Crippen LogP contribution in [0.15, 0.2) is 53.5 Å². The van der Waals surface area contributed by atoms with Gasteiger partial charge in [-0.2, -0.15) is 0 Å². The van der Waals surface area contributed by atoms with Crippen LogP contribution in [0.1, 0.15) is 115 Å². The van der Waals surface area contributed by atoms with E-state index in [1.807, 2.05) is 57.3 Å². The van der Waals surface area contributed by atoms with E-state index >= 15 is 0 Å². The van der Waals surface area contributed by atoms with Crippen molar-refractivity contribution in [2.75, 3.05) is 7.05 Å². The van der Waals surface area contributed by atoms with Crippen molar-refractivity contribution < 1.29 is 19.4 Å². The fraction of sp³-hybridized carbons (Fsp3) is 0.571. The van der Waals surface area contributed by atoms with E-state index in [-0.39, 0.29) is 40.5 Å². The number of nitrogens with zero attached hydrogens (tertiary/aromatic N) is 2. The third-order valence-electron chi connectivity index (χ3n) is 8.14. The number of hydrogen-bond acceptors (Lipinski definition) is 4. The van der Waals surface area contributed by atoms with E-state index in [1.54, 1.807) is 17.0 Å². The summed E-state index contributed by atoms with van der Waals surface area (Å²) in [6, 6.07) is 14.5. The van der Waals surface area contributed by atoms with Gasteiger partial charge in [0.1, 0.15) is 11.5 Å². The SMILES string of the molecule is CC(C)Oc1ccc(C(=NC2CCC(C(C)(C)C)C2)C(=O)N(C)[C@H](CCC(C)(C)C)c2ccc(C(=O)O)cc2)cc1. The zero-order valence-corrected chi connectivity index (χ0v) is 26.5. The lowest BCUT2D eigenvalue weighted by atomic mass is 9.80. The normalized spacial score (nSPS) is 18.8. The summed E-state index contributed by atoms with van der Waals surface area (Å²) in [6.45, 7) is 17.4. The molecule has 0 spiro atoms. The van der Waals surface area contributed by atoms with Crippen molar-refractivity contribution in [1.29, 1.82) is 0 Å². The average Bonchev–Trinajstić information content (AvgIpc) is 3.36. The van der Waals surface area contributed by atoms with E-state index < -0.39 is 5.97 Å². The molecule has 1 amide bonds. The van der Waals surface area contributed by atoms with Crippen LogP contribution in [-0.2, 0) is 4.79 Å². The van der Waals surface area contributed by atoms with E-state index in [1.165, 1.54) is 0 Å². The molecule has 0 aromatic heterocycles. The van der Waals surface area contributed by atoms with Gasteiger partial charge in [-0.05, 0) is 105 Å². The Kier molecular flexibility index (Phi) is 10.4. The van der Waals surface area contributed by atoms with Gasteiger partial charge in [0.15, 0.2) is 0 Å². The number of benzene rings is 2. The molecule has 3 atom stereocenters. The van der Waals surface area contributed by atoms with Gasteiger partial charge in [0.25, 0.3) is 5.91 Å². The van der Waals surface area contributed by atoms with Gasteiger partial charge in [-0.15, -0.1) is 0 Å². The monoisotopic (exact) mass is 562 g/mol. The second kappa shape index (κ2) is 13.2. The Bertz CT molecular complexity index is 1200. The second-order valence-corrected chi connectivity index (χ2v) is 14.2. The molecule has 0 heterocycles. The van der Waals surface area contributed by atoms with Crippen molar-refractivity contribution in [3.63, 3.8) is 0 Å². The van der Waals surface area contributed by atoms with Crippen LogP contribution < -0.4 is 4.74 Å². The van der Waals surface area contributed by atoms with E-state index in [4.69, 9.17) is 9.73 Å². The van der Waals surface area contributed by atoms with E-state index in [0.717, 1.165) is 49.0 Å². The molecule has 6 heteroatoms. The van der Waals surface area contributed by atoms with Gasteiger partial charge in [0.2, 0.25) is 0 Å². The van der Waals surface area contributed by atoms with Crippen molar-refractivity contribution in [2.24, 2.45) is 21.7 Å². The van der Waals surface area contributed by atoms with Crippen LogP contribution in [0.5, 0.6) is 5.75 Å². The van der Waals surface area contributed by atoms with Crippen molar-refractivity contribution in [3.8, 4) is 5.75 Å². The summed E-state index contributed by atoms with van der Waals surface area (Å²) in [4.78, 5) is 32.8. The Labute approximate surface area is 247 Å². The maximum atomic E-state index is 14.4. The number of aromatic carboxylic acids is 1. The highest BCUT2D eigenvalue weighted by Crippen LogP contribution is 2.40. The molecule has 0 aliphatic heterocycles. The molecular formula is C35H50N2O4. The van der Waals surface area contributed by atoms with Gasteiger partial charge in [-0.25, -0.2) is 4.79 Å². The maximum absolute atomic E-state index is 14.4. The minimum atomic E-state index is -0.961. The summed E-state index contributed by atoms with van der Waals surface area (Å²) in [5.74, 6) is 0.248. The molecule has 2 unspecified atom stereocenters. The summed E-state index contributed by atoms with van der Waals surface area (Å²) in [5.41, 5.74) is 2.71. The van der Waals surface area contributed by atoms with E-state index in [2.05, 4.69) is 41.5 Å². The van der Waals surface area contributed by atoms with Crippen molar-refractivity contribution in [3.05, 3.63) is 65.2 Å². The number of carboxylic acids is 1. The summed E-state index contributed by atoms with van der Waals surface area (Å²) < 4.78 is 5.85. The first-order chi connectivity index (χ1) is 19.0. The fourth-order valence-electron chi connectivity index (χ4n) is 5.57. The molecule has 224 valence electrons. The Balaban J connectivity index is 2.00. The van der Waals surface area contributed by atoms with Crippen LogP contribution in [0.2, 0.25) is 0 Å². The topological polar surface area (TPSA) is 79.2 Å². The fourth-order valence-corrected chi connectivity index (χ4v) is 5.57. The second-order valence-electron chi connectivity index (χ2n) is 14.2.